The number of hydrogen-bond donors (Lipinski definition) is 1. The van der Waals surface area contributed by atoms with Gasteiger partial charge >= 0.3 is 0 Å². The van der Waals surface area contributed by atoms with Crippen LogP contribution in [0.2, 0.25) is 0 Å². The summed E-state index contributed by atoms with van der Waals surface area (Å²) in [5, 5.41) is 2.86. The van der Waals surface area contributed by atoms with Crippen LogP contribution < -0.4 is 19.5 Å². The van der Waals surface area contributed by atoms with Crippen molar-refractivity contribution in [1.29, 1.82) is 0 Å². The van der Waals surface area contributed by atoms with Crippen LogP contribution in [0.15, 0.2) is 41.4 Å². The topological polar surface area (TPSA) is 69.2 Å². The lowest BCUT2D eigenvalue weighted by Crippen LogP contribution is -2.13. The number of aliphatic imine (C=N–C) groups is 1. The fraction of sp³-hybridized carbons (Fsp3) is 0.263. The van der Waals surface area contributed by atoms with Crippen molar-refractivity contribution in [3.63, 3.8) is 0 Å². The fourth-order valence-electron chi connectivity index (χ4n) is 2.87. The quantitative estimate of drug-likeness (QED) is 0.821. The van der Waals surface area contributed by atoms with Gasteiger partial charge in [0.25, 0.3) is 0 Å². The first-order valence-corrected chi connectivity index (χ1v) is 7.86. The molecule has 0 aromatic heterocycles. The molecular weight excluding hydrogens is 320 g/mol. The number of carbonyl (C=O) groups is 1. The zero-order valence-corrected chi connectivity index (χ0v) is 14.4. The van der Waals surface area contributed by atoms with Crippen molar-refractivity contribution in [3.8, 4) is 17.2 Å². The second-order valence-electron chi connectivity index (χ2n) is 5.58. The fourth-order valence-corrected chi connectivity index (χ4v) is 2.87. The number of hydrogen-bond acceptors (Lipinski definition) is 5. The lowest BCUT2D eigenvalue weighted by atomic mass is 10.0. The molecule has 1 amide bonds. The first kappa shape index (κ1) is 16.8. The van der Waals surface area contributed by atoms with E-state index < -0.39 is 0 Å². The lowest BCUT2D eigenvalue weighted by Gasteiger charge is -2.13. The molecule has 6 nitrogen and oxygen atoms in total. The number of nitrogens with zero attached hydrogens (tertiary/aromatic N) is 1. The van der Waals surface area contributed by atoms with E-state index in [1.165, 1.54) is 0 Å². The van der Waals surface area contributed by atoms with Crippen molar-refractivity contribution in [3.05, 3.63) is 47.5 Å². The average Bonchev–Trinajstić information content (AvgIpc) is 2.96. The van der Waals surface area contributed by atoms with E-state index in [1.54, 1.807) is 27.5 Å². The van der Waals surface area contributed by atoms with Crippen LogP contribution >= 0.6 is 0 Å². The molecule has 2 aromatic rings. The molecule has 25 heavy (non-hydrogen) atoms. The van der Waals surface area contributed by atoms with Gasteiger partial charge in [0.1, 0.15) is 5.92 Å². The third-order valence-electron chi connectivity index (χ3n) is 4.09. The number of anilines is 1. The van der Waals surface area contributed by atoms with Gasteiger partial charge in [-0.05, 0) is 29.3 Å². The van der Waals surface area contributed by atoms with Crippen LogP contribution in [0.5, 0.6) is 17.2 Å². The Bertz CT molecular complexity index is 792. The Morgan fingerprint density at radius 3 is 2.40 bits per heavy atom. The van der Waals surface area contributed by atoms with Crippen molar-refractivity contribution in [1.82, 2.24) is 0 Å². The zero-order chi connectivity index (χ0) is 17.8. The maximum Gasteiger partial charge on any atom is 0.237 e. The number of benzene rings is 2. The zero-order valence-electron chi connectivity index (χ0n) is 14.4. The van der Waals surface area contributed by atoms with Crippen LogP contribution in [0, 0.1) is 0 Å². The van der Waals surface area contributed by atoms with Crippen LogP contribution in [0.25, 0.3) is 0 Å². The molecule has 0 radical (unpaired) electrons. The third kappa shape index (κ3) is 3.28. The third-order valence-corrected chi connectivity index (χ3v) is 4.09. The minimum atomic E-state index is -0.363. The molecule has 1 aliphatic heterocycles. The Labute approximate surface area is 146 Å². The summed E-state index contributed by atoms with van der Waals surface area (Å²) in [4.78, 5) is 16.5. The van der Waals surface area contributed by atoms with E-state index >= 15 is 0 Å². The maximum atomic E-state index is 12.1. The van der Waals surface area contributed by atoms with Crippen LogP contribution in [-0.4, -0.2) is 33.5 Å². The van der Waals surface area contributed by atoms with Crippen molar-refractivity contribution in [2.75, 3.05) is 26.6 Å². The Morgan fingerprint density at radius 2 is 1.76 bits per heavy atom. The predicted octanol–water partition coefficient (Wildman–Crippen LogP) is 3.02. The number of fused-ring (bicyclic) bond motifs is 1. The van der Waals surface area contributed by atoms with E-state index in [0.717, 1.165) is 16.8 Å². The molecule has 2 aromatic carbocycles. The first-order chi connectivity index (χ1) is 12.2. The molecule has 6 heteroatoms. The second-order valence-corrected chi connectivity index (χ2v) is 5.58. The molecular formula is C19H20N2O4. The highest BCUT2D eigenvalue weighted by atomic mass is 16.5. The standard InChI is InChI=1S/C19H20N2O4/c1-23-16-8-12(9-17(24-2)18(16)25-3)10-20-11-14-13-6-4-5-7-15(13)21-19(14)22/h4-9,11,14H,10H2,1-3H3,(H,21,22). The molecule has 1 unspecified atom stereocenters. The van der Waals surface area contributed by atoms with Gasteiger partial charge in [0.2, 0.25) is 11.7 Å². The van der Waals surface area contributed by atoms with Gasteiger partial charge in [-0.2, -0.15) is 0 Å². The maximum absolute atomic E-state index is 12.1. The number of nitrogens with one attached hydrogen (secondary N) is 1. The van der Waals surface area contributed by atoms with E-state index in [4.69, 9.17) is 14.2 Å². The first-order valence-electron chi connectivity index (χ1n) is 7.86. The highest BCUT2D eigenvalue weighted by molar-refractivity contribution is 6.12. The molecule has 130 valence electrons. The molecule has 0 saturated heterocycles. The van der Waals surface area contributed by atoms with E-state index in [2.05, 4.69) is 10.3 Å². The molecule has 0 saturated carbocycles. The highest BCUT2D eigenvalue weighted by Crippen LogP contribution is 2.38. The highest BCUT2D eigenvalue weighted by Gasteiger charge is 2.28. The lowest BCUT2D eigenvalue weighted by molar-refractivity contribution is -0.115. The summed E-state index contributed by atoms with van der Waals surface area (Å²) >= 11 is 0. The summed E-state index contributed by atoms with van der Waals surface area (Å²) < 4.78 is 16.0. The molecule has 0 spiro atoms. The normalized spacial score (nSPS) is 15.8. The van der Waals surface area contributed by atoms with Crippen LogP contribution in [0.4, 0.5) is 5.69 Å². The average molecular weight is 340 g/mol. The summed E-state index contributed by atoms with van der Waals surface area (Å²) in [6.45, 7) is 0.405. The van der Waals surface area contributed by atoms with E-state index in [1.807, 2.05) is 36.4 Å². The van der Waals surface area contributed by atoms with Crippen LogP contribution in [0.1, 0.15) is 17.0 Å². The molecule has 1 heterocycles. The predicted molar refractivity (Wildman–Crippen MR) is 96.1 cm³/mol. The molecule has 1 aliphatic rings. The summed E-state index contributed by atoms with van der Waals surface area (Å²) in [5.41, 5.74) is 2.69. The van der Waals surface area contributed by atoms with Gasteiger partial charge in [0, 0.05) is 11.9 Å². The van der Waals surface area contributed by atoms with Crippen LogP contribution in [-0.2, 0) is 11.3 Å². The Hall–Kier alpha value is -3.02. The van der Waals surface area contributed by atoms with Crippen molar-refractivity contribution in [2.45, 2.75) is 12.5 Å². The number of amides is 1. The van der Waals surface area contributed by atoms with E-state index in [9.17, 15) is 4.79 Å². The molecule has 1 N–H and O–H groups in total. The summed E-state index contributed by atoms with van der Waals surface area (Å²) in [6, 6.07) is 11.3. The van der Waals surface area contributed by atoms with Gasteiger partial charge < -0.3 is 19.5 Å². The van der Waals surface area contributed by atoms with Gasteiger partial charge in [0.15, 0.2) is 11.5 Å². The van der Waals surface area contributed by atoms with Crippen molar-refractivity contribution < 1.29 is 19.0 Å². The number of ether oxygens (including phenoxy) is 3. The minimum absolute atomic E-state index is 0.0603. The monoisotopic (exact) mass is 340 g/mol. The number of carbonyl (C=O) groups excluding carboxylic acids is 1. The van der Waals surface area contributed by atoms with E-state index in [0.29, 0.717) is 23.8 Å². The Kier molecular flexibility index (Phi) is 4.88. The summed E-state index contributed by atoms with van der Waals surface area (Å²) in [6.07, 6.45) is 1.68. The Morgan fingerprint density at radius 1 is 1.08 bits per heavy atom. The number of para-hydroxylation sites is 1. The van der Waals surface area contributed by atoms with Gasteiger partial charge in [-0.3, -0.25) is 9.79 Å². The van der Waals surface area contributed by atoms with E-state index in [-0.39, 0.29) is 11.8 Å². The summed E-state index contributed by atoms with van der Waals surface area (Å²) in [5.74, 6) is 1.28. The summed E-state index contributed by atoms with van der Waals surface area (Å²) in [7, 11) is 4.71. The molecule has 0 bridgehead atoms. The SMILES string of the molecule is COc1cc(CN=CC2C(=O)Nc3ccccc32)cc(OC)c1OC. The van der Waals surface area contributed by atoms with Gasteiger partial charge in [0.05, 0.1) is 27.9 Å². The van der Waals surface area contributed by atoms with Crippen LogP contribution in [0.3, 0.4) is 0 Å². The molecule has 1 atom stereocenters. The largest absolute Gasteiger partial charge is 0.493 e. The Balaban J connectivity index is 1.80. The number of methoxy groups -OCH3 is 3. The van der Waals surface area contributed by atoms with Crippen molar-refractivity contribution >= 4 is 17.8 Å². The van der Waals surface area contributed by atoms with Gasteiger partial charge in [-0.1, -0.05) is 18.2 Å². The second kappa shape index (κ2) is 7.25. The molecule has 0 aliphatic carbocycles. The number of rotatable bonds is 6. The van der Waals surface area contributed by atoms with Crippen molar-refractivity contribution in [2.24, 2.45) is 4.99 Å². The minimum Gasteiger partial charge on any atom is -0.493 e. The smallest absolute Gasteiger partial charge is 0.237 e. The van der Waals surface area contributed by atoms with Gasteiger partial charge in [-0.25, -0.2) is 0 Å². The van der Waals surface area contributed by atoms with Gasteiger partial charge in [-0.15, -0.1) is 0 Å². The molecule has 0 fully saturated rings. The molecule has 3 rings (SSSR count).